The van der Waals surface area contributed by atoms with Crippen molar-refractivity contribution in [1.82, 2.24) is 0 Å². The molecule has 3 fully saturated rings. The van der Waals surface area contributed by atoms with Crippen LogP contribution >= 0.6 is 0 Å². The molecule has 0 unspecified atom stereocenters. The lowest BCUT2D eigenvalue weighted by molar-refractivity contribution is -0.152. The minimum Gasteiger partial charge on any atom is -0.458 e. The Morgan fingerprint density at radius 3 is 2.13 bits per heavy atom. The van der Waals surface area contributed by atoms with Crippen molar-refractivity contribution in [3.8, 4) is 0 Å². The Morgan fingerprint density at radius 2 is 1.47 bits per heavy atom. The fraction of sp³-hybridized carbons (Fsp3) is 0.923. The Hall–Kier alpha value is -0.530. The molecule has 3 rings (SSSR count). The summed E-state index contributed by atoms with van der Waals surface area (Å²) in [4.78, 5) is 11.7. The van der Waals surface area contributed by atoms with Crippen LogP contribution in [0, 0.1) is 5.41 Å². The fourth-order valence-corrected chi connectivity index (χ4v) is 4.24. The summed E-state index contributed by atoms with van der Waals surface area (Å²) >= 11 is 0. The van der Waals surface area contributed by atoms with E-state index in [-0.39, 0.29) is 17.0 Å². The Balaban J connectivity index is 1.93. The van der Waals surface area contributed by atoms with Gasteiger partial charge in [0.1, 0.15) is 5.60 Å². The van der Waals surface area contributed by atoms with E-state index in [1.165, 1.54) is 44.9 Å². The maximum absolute atomic E-state index is 11.7. The van der Waals surface area contributed by atoms with Gasteiger partial charge in [0.25, 0.3) is 0 Å². The van der Waals surface area contributed by atoms with Crippen LogP contribution in [0.3, 0.4) is 0 Å². The van der Waals surface area contributed by atoms with Gasteiger partial charge in [0, 0.05) is 5.41 Å². The van der Waals surface area contributed by atoms with Gasteiger partial charge >= 0.3 is 5.97 Å². The third-order valence-electron chi connectivity index (χ3n) is 4.98. The Morgan fingerprint density at radius 1 is 0.867 bits per heavy atom. The molecule has 0 atom stereocenters. The highest BCUT2D eigenvalue weighted by Crippen LogP contribution is 2.59. The van der Waals surface area contributed by atoms with Crippen molar-refractivity contribution < 1.29 is 9.53 Å². The Kier molecular flexibility index (Phi) is 2.08. The zero-order valence-corrected chi connectivity index (χ0v) is 9.39. The lowest BCUT2D eigenvalue weighted by Crippen LogP contribution is -2.44. The van der Waals surface area contributed by atoms with Crippen LogP contribution in [0.1, 0.15) is 64.2 Å². The van der Waals surface area contributed by atoms with Gasteiger partial charge in [-0.05, 0) is 38.5 Å². The second-order valence-corrected chi connectivity index (χ2v) is 5.69. The first kappa shape index (κ1) is 9.68. The van der Waals surface area contributed by atoms with Gasteiger partial charge in [0.05, 0.1) is 6.42 Å². The molecule has 2 nitrogen and oxygen atoms in total. The summed E-state index contributed by atoms with van der Waals surface area (Å²) in [5.74, 6) is 0.0822. The maximum Gasteiger partial charge on any atom is 0.307 e. The van der Waals surface area contributed by atoms with Crippen molar-refractivity contribution in [1.29, 1.82) is 0 Å². The molecule has 0 aromatic rings. The molecule has 0 radical (unpaired) electrons. The predicted molar refractivity (Wildman–Crippen MR) is 57.4 cm³/mol. The van der Waals surface area contributed by atoms with E-state index in [9.17, 15) is 4.79 Å². The van der Waals surface area contributed by atoms with E-state index < -0.39 is 0 Å². The van der Waals surface area contributed by atoms with Crippen LogP contribution in [0.5, 0.6) is 0 Å². The molecule has 2 heteroatoms. The summed E-state index contributed by atoms with van der Waals surface area (Å²) in [5, 5.41) is 0. The lowest BCUT2D eigenvalue weighted by atomic mass is 9.62. The molecule has 84 valence electrons. The molecule has 0 aromatic carbocycles. The number of carbonyl (C=O) groups excluding carboxylic acids is 1. The average Bonchev–Trinajstić information content (AvgIpc) is 2.77. The van der Waals surface area contributed by atoms with Crippen LogP contribution in [0.15, 0.2) is 0 Å². The zero-order chi connectivity index (χ0) is 10.4. The van der Waals surface area contributed by atoms with Crippen molar-refractivity contribution in [2.75, 3.05) is 0 Å². The van der Waals surface area contributed by atoms with Gasteiger partial charge in [-0.3, -0.25) is 4.79 Å². The van der Waals surface area contributed by atoms with E-state index in [0.717, 1.165) is 12.8 Å². The number of rotatable bonds is 0. The number of carbonyl (C=O) groups is 1. The van der Waals surface area contributed by atoms with Crippen molar-refractivity contribution in [3.63, 3.8) is 0 Å². The van der Waals surface area contributed by atoms with Gasteiger partial charge in [-0.2, -0.15) is 0 Å². The molecule has 0 aromatic heterocycles. The van der Waals surface area contributed by atoms with Gasteiger partial charge in [-0.25, -0.2) is 0 Å². The molecule has 0 N–H and O–H groups in total. The van der Waals surface area contributed by atoms with E-state index in [2.05, 4.69) is 0 Å². The molecule has 15 heavy (non-hydrogen) atoms. The van der Waals surface area contributed by atoms with Crippen LogP contribution in [0.2, 0.25) is 0 Å². The maximum atomic E-state index is 11.7. The van der Waals surface area contributed by atoms with Crippen LogP contribution in [0.4, 0.5) is 0 Å². The fourth-order valence-electron chi connectivity index (χ4n) is 4.24. The highest BCUT2D eigenvalue weighted by Gasteiger charge is 2.60. The van der Waals surface area contributed by atoms with E-state index >= 15 is 0 Å². The smallest absolute Gasteiger partial charge is 0.307 e. The minimum atomic E-state index is -0.0233. The number of fused-ring (bicyclic) bond motifs is 1. The first-order chi connectivity index (χ1) is 7.27. The first-order valence-corrected chi connectivity index (χ1v) is 6.48. The number of ether oxygens (including phenoxy) is 1. The monoisotopic (exact) mass is 208 g/mol. The molecule has 1 aliphatic heterocycles. The van der Waals surface area contributed by atoms with E-state index in [1.807, 2.05) is 0 Å². The summed E-state index contributed by atoms with van der Waals surface area (Å²) in [6, 6.07) is 0. The topological polar surface area (TPSA) is 26.3 Å². The van der Waals surface area contributed by atoms with Crippen molar-refractivity contribution in [3.05, 3.63) is 0 Å². The third kappa shape index (κ3) is 1.26. The number of hydrogen-bond donors (Lipinski definition) is 0. The van der Waals surface area contributed by atoms with Crippen molar-refractivity contribution >= 4 is 5.97 Å². The summed E-state index contributed by atoms with van der Waals surface area (Å²) in [6.45, 7) is 0. The van der Waals surface area contributed by atoms with E-state index in [1.54, 1.807) is 0 Å². The van der Waals surface area contributed by atoms with Crippen LogP contribution in [-0.4, -0.2) is 11.6 Å². The van der Waals surface area contributed by atoms with Gasteiger partial charge in [0.15, 0.2) is 0 Å². The molecule has 2 saturated carbocycles. The molecule has 0 bridgehead atoms. The van der Waals surface area contributed by atoms with Crippen LogP contribution in [-0.2, 0) is 9.53 Å². The van der Waals surface area contributed by atoms with E-state index in [4.69, 9.17) is 4.74 Å². The Bertz CT molecular complexity index is 270. The summed E-state index contributed by atoms with van der Waals surface area (Å²) < 4.78 is 5.76. The van der Waals surface area contributed by atoms with Crippen molar-refractivity contribution in [2.45, 2.75) is 69.8 Å². The molecule has 0 amide bonds. The summed E-state index contributed by atoms with van der Waals surface area (Å²) in [5.41, 5.74) is 0.226. The largest absolute Gasteiger partial charge is 0.458 e. The normalized spacial score (nSPS) is 32.4. The standard InChI is InChI=1S/C13H20O2/c14-11-10-12(6-2-1-3-7-12)13(15-11)8-4-5-9-13/h1-10H2. The molecule has 3 aliphatic rings. The number of hydrogen-bond acceptors (Lipinski definition) is 2. The molecular formula is C13H20O2. The van der Waals surface area contributed by atoms with Crippen LogP contribution < -0.4 is 0 Å². The van der Waals surface area contributed by atoms with Gasteiger partial charge in [0.2, 0.25) is 0 Å². The Labute approximate surface area is 91.4 Å². The second-order valence-electron chi connectivity index (χ2n) is 5.69. The average molecular weight is 208 g/mol. The second kappa shape index (κ2) is 3.23. The van der Waals surface area contributed by atoms with Gasteiger partial charge in [-0.1, -0.05) is 19.3 Å². The SMILES string of the molecule is O=C1CC2(CCCCC2)C2(CCCC2)O1. The quantitative estimate of drug-likeness (QED) is 0.571. The molecule has 1 heterocycles. The van der Waals surface area contributed by atoms with Crippen LogP contribution in [0.25, 0.3) is 0 Å². The molecule has 2 spiro atoms. The van der Waals surface area contributed by atoms with Crippen molar-refractivity contribution in [2.24, 2.45) is 5.41 Å². The molecule has 2 aliphatic carbocycles. The van der Waals surface area contributed by atoms with Gasteiger partial charge < -0.3 is 4.74 Å². The molecule has 1 saturated heterocycles. The zero-order valence-electron chi connectivity index (χ0n) is 9.39. The van der Waals surface area contributed by atoms with Gasteiger partial charge in [-0.15, -0.1) is 0 Å². The lowest BCUT2D eigenvalue weighted by Gasteiger charge is -2.43. The highest BCUT2D eigenvalue weighted by molar-refractivity contribution is 5.74. The number of esters is 1. The predicted octanol–water partition coefficient (Wildman–Crippen LogP) is 3.20. The summed E-state index contributed by atoms with van der Waals surface area (Å²) in [6.07, 6.45) is 11.9. The highest BCUT2D eigenvalue weighted by atomic mass is 16.6. The molecular weight excluding hydrogens is 188 g/mol. The third-order valence-corrected chi connectivity index (χ3v) is 4.98. The van der Waals surface area contributed by atoms with E-state index in [0.29, 0.717) is 6.42 Å². The summed E-state index contributed by atoms with van der Waals surface area (Å²) in [7, 11) is 0. The minimum absolute atomic E-state index is 0.0233. The first-order valence-electron chi connectivity index (χ1n) is 6.48.